The van der Waals surface area contributed by atoms with Gasteiger partial charge in [0, 0.05) is 11.8 Å². The van der Waals surface area contributed by atoms with E-state index in [1.165, 1.54) is 12.1 Å². The number of benzene rings is 2. The van der Waals surface area contributed by atoms with Gasteiger partial charge in [0.2, 0.25) is 22.7 Å². The molecule has 1 aliphatic heterocycles. The minimum Gasteiger partial charge on any atom is -0.454 e. The number of nitrogens with one attached hydrogen (secondary N) is 2. The topological polar surface area (TPSA) is 93.7 Å². The standard InChI is InChI=1S/C18H20N2O5S2/c1-26-10-9-15(20-27(22,23)14-5-3-2-4-6-14)18(21)19-13-7-8-16-17(11-13)25-12-24-16/h2-8,11,15,20H,9-10,12H2,1H3,(H,19,21)/t15-/m0/s1. The molecular formula is C18H20N2O5S2. The summed E-state index contributed by atoms with van der Waals surface area (Å²) >= 11 is 1.54. The molecule has 0 aliphatic carbocycles. The number of rotatable bonds is 8. The van der Waals surface area contributed by atoms with Crippen LogP contribution in [0.4, 0.5) is 5.69 Å². The second-order valence-electron chi connectivity index (χ2n) is 5.83. The van der Waals surface area contributed by atoms with Crippen LogP contribution < -0.4 is 19.5 Å². The zero-order chi connectivity index (χ0) is 19.3. The van der Waals surface area contributed by atoms with Gasteiger partial charge >= 0.3 is 0 Å². The van der Waals surface area contributed by atoms with E-state index in [0.29, 0.717) is 29.4 Å². The highest BCUT2D eigenvalue weighted by Gasteiger charge is 2.26. The Morgan fingerprint density at radius 2 is 1.89 bits per heavy atom. The van der Waals surface area contributed by atoms with Crippen molar-refractivity contribution in [1.82, 2.24) is 4.72 Å². The predicted octanol–water partition coefficient (Wildman–Crippen LogP) is 2.45. The Morgan fingerprint density at radius 3 is 2.63 bits per heavy atom. The van der Waals surface area contributed by atoms with Crippen LogP contribution in [-0.2, 0) is 14.8 Å². The van der Waals surface area contributed by atoms with E-state index in [2.05, 4.69) is 10.0 Å². The number of hydrogen-bond acceptors (Lipinski definition) is 6. The predicted molar refractivity (Wildman–Crippen MR) is 105 cm³/mol. The van der Waals surface area contributed by atoms with Crippen molar-refractivity contribution < 1.29 is 22.7 Å². The Hall–Kier alpha value is -2.23. The van der Waals surface area contributed by atoms with Crippen molar-refractivity contribution >= 4 is 33.4 Å². The molecule has 0 saturated heterocycles. The lowest BCUT2D eigenvalue weighted by molar-refractivity contribution is -0.117. The lowest BCUT2D eigenvalue weighted by atomic mass is 10.2. The van der Waals surface area contributed by atoms with Crippen LogP contribution in [0.5, 0.6) is 11.5 Å². The summed E-state index contributed by atoms with van der Waals surface area (Å²) in [7, 11) is -3.80. The Balaban J connectivity index is 1.74. The molecule has 1 heterocycles. The molecule has 0 aromatic heterocycles. The summed E-state index contributed by atoms with van der Waals surface area (Å²) < 4.78 is 38.2. The van der Waals surface area contributed by atoms with E-state index in [4.69, 9.17) is 9.47 Å². The first-order valence-corrected chi connectivity index (χ1v) is 11.1. The van der Waals surface area contributed by atoms with Gasteiger partial charge in [-0.05, 0) is 42.7 Å². The molecule has 0 fully saturated rings. The van der Waals surface area contributed by atoms with Gasteiger partial charge in [-0.3, -0.25) is 4.79 Å². The van der Waals surface area contributed by atoms with Crippen LogP contribution in [0.1, 0.15) is 6.42 Å². The molecule has 0 saturated carbocycles. The first kappa shape index (κ1) is 19.5. The number of ether oxygens (including phenoxy) is 2. The summed E-state index contributed by atoms with van der Waals surface area (Å²) in [5.41, 5.74) is 0.511. The molecule has 9 heteroatoms. The average Bonchev–Trinajstić information content (AvgIpc) is 3.13. The molecule has 2 aromatic carbocycles. The number of carbonyl (C=O) groups is 1. The molecule has 0 bridgehead atoms. The highest BCUT2D eigenvalue weighted by atomic mass is 32.2. The van der Waals surface area contributed by atoms with Crippen molar-refractivity contribution in [2.45, 2.75) is 17.4 Å². The minimum absolute atomic E-state index is 0.120. The third kappa shape index (κ3) is 4.94. The maximum Gasteiger partial charge on any atom is 0.242 e. The van der Waals surface area contributed by atoms with Gasteiger partial charge in [-0.1, -0.05) is 18.2 Å². The van der Waals surface area contributed by atoms with Gasteiger partial charge in [0.15, 0.2) is 11.5 Å². The molecule has 0 spiro atoms. The first-order valence-electron chi connectivity index (χ1n) is 8.26. The van der Waals surface area contributed by atoms with Gasteiger partial charge in [-0.25, -0.2) is 8.42 Å². The molecule has 27 heavy (non-hydrogen) atoms. The highest BCUT2D eigenvalue weighted by molar-refractivity contribution is 7.98. The minimum atomic E-state index is -3.80. The summed E-state index contributed by atoms with van der Waals surface area (Å²) in [5.74, 6) is 1.36. The molecule has 2 aromatic rings. The molecule has 7 nitrogen and oxygen atoms in total. The number of amides is 1. The molecule has 2 N–H and O–H groups in total. The number of fused-ring (bicyclic) bond motifs is 1. The molecule has 1 atom stereocenters. The van der Waals surface area contributed by atoms with Crippen molar-refractivity contribution in [3.63, 3.8) is 0 Å². The van der Waals surface area contributed by atoms with Crippen molar-refractivity contribution in [2.24, 2.45) is 0 Å². The van der Waals surface area contributed by atoms with Crippen LogP contribution in [0.3, 0.4) is 0 Å². The van der Waals surface area contributed by atoms with E-state index in [0.717, 1.165) is 0 Å². The van der Waals surface area contributed by atoms with Gasteiger partial charge in [0.05, 0.1) is 4.90 Å². The monoisotopic (exact) mass is 408 g/mol. The van der Waals surface area contributed by atoms with Crippen LogP contribution in [0.25, 0.3) is 0 Å². The Bertz CT molecular complexity index is 903. The van der Waals surface area contributed by atoms with Gasteiger partial charge in [0.1, 0.15) is 6.04 Å². The van der Waals surface area contributed by atoms with Crippen molar-refractivity contribution in [1.29, 1.82) is 0 Å². The smallest absolute Gasteiger partial charge is 0.242 e. The maximum absolute atomic E-state index is 12.7. The van der Waals surface area contributed by atoms with Crippen molar-refractivity contribution in [3.05, 3.63) is 48.5 Å². The fraction of sp³-hybridized carbons (Fsp3) is 0.278. The van der Waals surface area contributed by atoms with Crippen LogP contribution in [0.15, 0.2) is 53.4 Å². The molecule has 144 valence electrons. The SMILES string of the molecule is CSCC[C@H](NS(=O)(=O)c1ccccc1)C(=O)Nc1ccc2c(c1)OCO2. The van der Waals surface area contributed by atoms with Gasteiger partial charge < -0.3 is 14.8 Å². The average molecular weight is 409 g/mol. The molecule has 1 aliphatic rings. The summed E-state index contributed by atoms with van der Waals surface area (Å²) in [6.45, 7) is 0.139. The zero-order valence-corrected chi connectivity index (χ0v) is 16.3. The fourth-order valence-corrected chi connectivity index (χ4v) is 4.26. The van der Waals surface area contributed by atoms with Crippen LogP contribution in [0, 0.1) is 0 Å². The highest BCUT2D eigenvalue weighted by Crippen LogP contribution is 2.34. The van der Waals surface area contributed by atoms with E-state index < -0.39 is 22.0 Å². The largest absolute Gasteiger partial charge is 0.454 e. The lowest BCUT2D eigenvalue weighted by Crippen LogP contribution is -2.44. The summed E-state index contributed by atoms with van der Waals surface area (Å²) in [6.07, 6.45) is 2.27. The van der Waals surface area contributed by atoms with E-state index in [1.807, 2.05) is 6.26 Å². The first-order chi connectivity index (χ1) is 13.0. The Labute approximate surface area is 162 Å². The van der Waals surface area contributed by atoms with Gasteiger partial charge in [-0.15, -0.1) is 0 Å². The van der Waals surface area contributed by atoms with Gasteiger partial charge in [0.25, 0.3) is 0 Å². The molecule has 1 amide bonds. The number of thioether (sulfide) groups is 1. The second-order valence-corrected chi connectivity index (χ2v) is 8.53. The van der Waals surface area contributed by atoms with E-state index in [-0.39, 0.29) is 11.7 Å². The summed E-state index contributed by atoms with van der Waals surface area (Å²) in [6, 6.07) is 12.1. The number of carbonyl (C=O) groups excluding carboxylic acids is 1. The molecule has 0 radical (unpaired) electrons. The van der Waals surface area contributed by atoms with Gasteiger partial charge in [-0.2, -0.15) is 16.5 Å². The maximum atomic E-state index is 12.7. The van der Waals surface area contributed by atoms with Crippen molar-refractivity contribution in [3.8, 4) is 11.5 Å². The van der Waals surface area contributed by atoms with Crippen LogP contribution in [-0.4, -0.2) is 39.2 Å². The fourth-order valence-electron chi connectivity index (χ4n) is 2.54. The summed E-state index contributed by atoms with van der Waals surface area (Å²) in [4.78, 5) is 12.8. The third-order valence-electron chi connectivity index (χ3n) is 3.92. The van der Waals surface area contributed by atoms with Crippen LogP contribution >= 0.6 is 11.8 Å². The lowest BCUT2D eigenvalue weighted by Gasteiger charge is -2.18. The van der Waals surface area contributed by atoms with Crippen LogP contribution in [0.2, 0.25) is 0 Å². The number of hydrogen-bond donors (Lipinski definition) is 2. The molecule has 0 unspecified atom stereocenters. The number of anilines is 1. The zero-order valence-electron chi connectivity index (χ0n) is 14.7. The van der Waals surface area contributed by atoms with E-state index in [1.54, 1.807) is 48.2 Å². The quantitative estimate of drug-likeness (QED) is 0.697. The normalized spacial score (nSPS) is 14.0. The Morgan fingerprint density at radius 1 is 1.15 bits per heavy atom. The van der Waals surface area contributed by atoms with E-state index in [9.17, 15) is 13.2 Å². The third-order valence-corrected chi connectivity index (χ3v) is 6.05. The molecule has 3 rings (SSSR count). The Kier molecular flexibility index (Phi) is 6.25. The molecular weight excluding hydrogens is 388 g/mol. The summed E-state index contributed by atoms with van der Waals surface area (Å²) in [5, 5.41) is 2.74. The second kappa shape index (κ2) is 8.64. The number of sulfonamides is 1. The van der Waals surface area contributed by atoms with Crippen molar-refractivity contribution in [2.75, 3.05) is 24.1 Å². The van der Waals surface area contributed by atoms with E-state index >= 15 is 0 Å².